The van der Waals surface area contributed by atoms with Gasteiger partial charge in [-0.15, -0.1) is 0 Å². The molecule has 0 saturated heterocycles. The van der Waals surface area contributed by atoms with Crippen LogP contribution in [0.15, 0.2) is 37.2 Å². The van der Waals surface area contributed by atoms with Gasteiger partial charge in [0, 0.05) is 24.9 Å². The molecule has 0 N–H and O–H groups in total. The molecule has 2 aromatic rings. The average Bonchev–Trinajstić information content (AvgIpc) is 2.95. The number of carbonyl (C=O) groups is 1. The highest BCUT2D eigenvalue weighted by Crippen LogP contribution is 2.52. The predicted octanol–water partition coefficient (Wildman–Crippen LogP) is 3.13. The van der Waals surface area contributed by atoms with Crippen LogP contribution in [0.5, 0.6) is 0 Å². The first kappa shape index (κ1) is 17.3. The number of rotatable bonds is 5. The first-order chi connectivity index (χ1) is 11.6. The molecule has 2 heterocycles. The molecule has 6 nitrogen and oxygen atoms in total. The Morgan fingerprint density at radius 1 is 1.48 bits per heavy atom. The molecule has 0 aliphatic heterocycles. The van der Waals surface area contributed by atoms with Gasteiger partial charge in [0.1, 0.15) is 6.04 Å². The van der Waals surface area contributed by atoms with Crippen molar-refractivity contribution in [3.63, 3.8) is 0 Å². The quantitative estimate of drug-likeness (QED) is 0.779. The summed E-state index contributed by atoms with van der Waals surface area (Å²) in [4.78, 5) is 13.7. The Morgan fingerprint density at radius 3 is 2.72 bits per heavy atom. The second-order valence-electron chi connectivity index (χ2n) is 7.17. The van der Waals surface area contributed by atoms with Gasteiger partial charge in [-0.05, 0) is 32.9 Å². The number of hydrogen-bond donors (Lipinski definition) is 0. The summed E-state index contributed by atoms with van der Waals surface area (Å²) >= 11 is 0. The largest absolute Gasteiger partial charge is 0.286 e. The molecule has 0 bridgehead atoms. The number of anilines is 1. The maximum absolute atomic E-state index is 13.2. The van der Waals surface area contributed by atoms with Crippen LogP contribution >= 0.6 is 0 Å². The van der Waals surface area contributed by atoms with Gasteiger partial charge in [0.25, 0.3) is 11.8 Å². The van der Waals surface area contributed by atoms with Crippen molar-refractivity contribution < 1.29 is 13.6 Å². The Hall–Kier alpha value is -2.51. The first-order valence-corrected chi connectivity index (χ1v) is 8.04. The van der Waals surface area contributed by atoms with Crippen LogP contribution in [0.4, 0.5) is 14.6 Å². The number of amides is 1. The summed E-state index contributed by atoms with van der Waals surface area (Å²) in [6.45, 7) is 9.76. The molecule has 25 heavy (non-hydrogen) atoms. The van der Waals surface area contributed by atoms with Crippen LogP contribution in [-0.4, -0.2) is 31.4 Å². The molecule has 1 amide bonds. The fraction of sp³-hybridized carbons (Fsp3) is 0.471. The van der Waals surface area contributed by atoms with E-state index in [1.165, 1.54) is 21.9 Å². The van der Waals surface area contributed by atoms with Gasteiger partial charge >= 0.3 is 0 Å². The molecule has 0 aromatic carbocycles. The van der Waals surface area contributed by atoms with Crippen molar-refractivity contribution >= 4 is 11.7 Å². The first-order valence-electron chi connectivity index (χ1n) is 8.04. The molecular formula is C17H21F2N5O. The number of halogens is 2. The summed E-state index contributed by atoms with van der Waals surface area (Å²) in [7, 11) is 0. The maximum atomic E-state index is 13.2. The zero-order valence-corrected chi connectivity index (χ0v) is 14.5. The fourth-order valence-electron chi connectivity index (χ4n) is 2.73. The lowest BCUT2D eigenvalue weighted by atomic mass is 10.1. The number of carbonyl (C=O) groups excluding carboxylic acids is 1. The van der Waals surface area contributed by atoms with Crippen molar-refractivity contribution in [2.45, 2.75) is 51.2 Å². The van der Waals surface area contributed by atoms with Crippen molar-refractivity contribution in [3.8, 4) is 0 Å². The molecule has 1 saturated carbocycles. The summed E-state index contributed by atoms with van der Waals surface area (Å²) in [6.07, 6.45) is 4.11. The molecule has 0 spiro atoms. The fourth-order valence-corrected chi connectivity index (χ4v) is 2.73. The Morgan fingerprint density at radius 2 is 2.16 bits per heavy atom. The Labute approximate surface area is 144 Å². The topological polar surface area (TPSA) is 56.0 Å². The maximum Gasteiger partial charge on any atom is 0.272 e. The second kappa shape index (κ2) is 5.79. The van der Waals surface area contributed by atoms with E-state index in [2.05, 4.69) is 16.8 Å². The minimum atomic E-state index is -2.72. The summed E-state index contributed by atoms with van der Waals surface area (Å²) in [5, 5.41) is 8.48. The van der Waals surface area contributed by atoms with Crippen LogP contribution in [0, 0.1) is 0 Å². The summed E-state index contributed by atoms with van der Waals surface area (Å²) in [6, 6.07) is 2.45. The zero-order chi connectivity index (χ0) is 18.4. The minimum Gasteiger partial charge on any atom is -0.286 e. The van der Waals surface area contributed by atoms with Gasteiger partial charge < -0.3 is 0 Å². The normalized spacial score (nSPS) is 18.8. The number of hydrogen-bond acceptors (Lipinski definition) is 3. The molecule has 134 valence electrons. The van der Waals surface area contributed by atoms with E-state index in [-0.39, 0.29) is 24.4 Å². The van der Waals surface area contributed by atoms with Crippen molar-refractivity contribution in [1.82, 2.24) is 19.6 Å². The van der Waals surface area contributed by atoms with Crippen LogP contribution in [0.3, 0.4) is 0 Å². The number of aromatic nitrogens is 4. The Kier molecular flexibility index (Phi) is 4.01. The van der Waals surface area contributed by atoms with Gasteiger partial charge in [0.05, 0.1) is 17.8 Å². The number of alkyl halides is 2. The molecule has 0 radical (unpaired) electrons. The molecule has 2 aromatic heterocycles. The van der Waals surface area contributed by atoms with Crippen LogP contribution in [0.25, 0.3) is 0 Å². The third kappa shape index (κ3) is 3.33. The van der Waals surface area contributed by atoms with E-state index in [1.54, 1.807) is 12.3 Å². The second-order valence-corrected chi connectivity index (χ2v) is 7.17. The van der Waals surface area contributed by atoms with Crippen molar-refractivity contribution in [2.75, 3.05) is 4.90 Å². The van der Waals surface area contributed by atoms with Gasteiger partial charge in [-0.3, -0.25) is 19.1 Å². The standard InChI is InChI=1S/C17H21F2N5O/c1-5-15(25)22(11-12-6-8-20-24(12)16(2,3)4)14-7-9-23(21-14)13-10-17(13,18)19/h5-9,13H,1,10-11H2,2-4H3. The van der Waals surface area contributed by atoms with Crippen molar-refractivity contribution in [2.24, 2.45) is 0 Å². The molecule has 1 aliphatic rings. The molecule has 1 atom stereocenters. The van der Waals surface area contributed by atoms with E-state index in [0.717, 1.165) is 5.69 Å². The van der Waals surface area contributed by atoms with E-state index in [0.29, 0.717) is 5.82 Å². The summed E-state index contributed by atoms with van der Waals surface area (Å²) < 4.78 is 29.5. The summed E-state index contributed by atoms with van der Waals surface area (Å²) in [5.74, 6) is -2.76. The highest BCUT2D eigenvalue weighted by Gasteiger charge is 2.59. The van der Waals surface area contributed by atoms with Gasteiger partial charge in [-0.2, -0.15) is 10.2 Å². The van der Waals surface area contributed by atoms with E-state index in [9.17, 15) is 13.6 Å². The monoisotopic (exact) mass is 349 g/mol. The van der Waals surface area contributed by atoms with Crippen LogP contribution in [0.2, 0.25) is 0 Å². The lowest BCUT2D eigenvalue weighted by Crippen LogP contribution is -2.33. The lowest BCUT2D eigenvalue weighted by Gasteiger charge is -2.25. The SMILES string of the molecule is C=CC(=O)N(Cc1ccnn1C(C)(C)C)c1ccn(C2CC2(F)F)n1. The summed E-state index contributed by atoms with van der Waals surface area (Å²) in [5.41, 5.74) is 0.561. The molecule has 1 fully saturated rings. The lowest BCUT2D eigenvalue weighted by molar-refractivity contribution is -0.114. The average molecular weight is 349 g/mol. The van der Waals surface area contributed by atoms with Gasteiger partial charge in [0.2, 0.25) is 0 Å². The van der Waals surface area contributed by atoms with E-state index in [1.807, 2.05) is 31.5 Å². The Balaban J connectivity index is 1.88. The molecule has 3 rings (SSSR count). The zero-order valence-electron chi connectivity index (χ0n) is 14.5. The number of nitrogens with zero attached hydrogens (tertiary/aromatic N) is 5. The van der Waals surface area contributed by atoms with E-state index < -0.39 is 12.0 Å². The van der Waals surface area contributed by atoms with Crippen LogP contribution in [-0.2, 0) is 16.9 Å². The van der Waals surface area contributed by atoms with Crippen LogP contribution < -0.4 is 4.90 Å². The predicted molar refractivity (Wildman–Crippen MR) is 89.4 cm³/mol. The van der Waals surface area contributed by atoms with E-state index >= 15 is 0 Å². The third-order valence-corrected chi connectivity index (χ3v) is 4.10. The molecular weight excluding hydrogens is 328 g/mol. The highest BCUT2D eigenvalue weighted by atomic mass is 19.3. The highest BCUT2D eigenvalue weighted by molar-refractivity contribution is 6.00. The smallest absolute Gasteiger partial charge is 0.272 e. The molecule has 1 aliphatic carbocycles. The van der Waals surface area contributed by atoms with Crippen molar-refractivity contribution in [3.05, 3.63) is 42.9 Å². The minimum absolute atomic E-state index is 0.222. The van der Waals surface area contributed by atoms with Gasteiger partial charge in [-0.1, -0.05) is 6.58 Å². The van der Waals surface area contributed by atoms with Gasteiger partial charge in [-0.25, -0.2) is 8.78 Å². The molecule has 1 unspecified atom stereocenters. The van der Waals surface area contributed by atoms with E-state index in [4.69, 9.17) is 0 Å². The van der Waals surface area contributed by atoms with Crippen molar-refractivity contribution in [1.29, 1.82) is 0 Å². The van der Waals surface area contributed by atoms with Crippen LogP contribution in [0.1, 0.15) is 38.9 Å². The van der Waals surface area contributed by atoms with Gasteiger partial charge in [0.15, 0.2) is 5.82 Å². The molecule has 8 heteroatoms. The third-order valence-electron chi connectivity index (χ3n) is 4.10. The Bertz CT molecular complexity index is 802.